The Morgan fingerprint density at radius 1 is 1.19 bits per heavy atom. The van der Waals surface area contributed by atoms with Gasteiger partial charge >= 0.3 is 0 Å². The highest BCUT2D eigenvalue weighted by Gasteiger charge is 2.03. The van der Waals surface area contributed by atoms with Crippen molar-refractivity contribution in [3.63, 3.8) is 0 Å². The van der Waals surface area contributed by atoms with E-state index in [9.17, 15) is 0 Å². The number of phenols is 1. The van der Waals surface area contributed by atoms with Crippen molar-refractivity contribution in [1.29, 1.82) is 0 Å². The van der Waals surface area contributed by atoms with E-state index in [0.29, 0.717) is 0 Å². The van der Waals surface area contributed by atoms with Crippen molar-refractivity contribution in [3.05, 3.63) is 43.5 Å². The van der Waals surface area contributed by atoms with Crippen LogP contribution in [0.2, 0.25) is 0 Å². The number of benzene rings is 1. The number of rotatable bonds is 3. The van der Waals surface area contributed by atoms with Crippen molar-refractivity contribution in [2.45, 2.75) is 6.54 Å². The maximum atomic E-state index is 9.14. The largest absolute Gasteiger partial charge is 0.508 e. The van der Waals surface area contributed by atoms with E-state index in [4.69, 9.17) is 5.11 Å². The summed E-state index contributed by atoms with van der Waals surface area (Å²) in [6, 6.07) is 9.13. The first-order valence-electron chi connectivity index (χ1n) is 4.62. The van der Waals surface area contributed by atoms with E-state index >= 15 is 0 Å². The van der Waals surface area contributed by atoms with Crippen molar-refractivity contribution >= 4 is 48.9 Å². The predicted molar refractivity (Wildman–Crippen MR) is 75.2 cm³/mol. The normalized spacial score (nSPS) is 10.4. The van der Waals surface area contributed by atoms with E-state index in [1.165, 1.54) is 4.88 Å². The third kappa shape index (κ3) is 2.99. The summed E-state index contributed by atoms with van der Waals surface area (Å²) in [4.78, 5) is 1.24. The monoisotopic (exact) mass is 361 g/mol. The van der Waals surface area contributed by atoms with Gasteiger partial charge in [-0.1, -0.05) is 0 Å². The molecule has 2 rings (SSSR count). The summed E-state index contributed by atoms with van der Waals surface area (Å²) in [6.07, 6.45) is 0. The van der Waals surface area contributed by atoms with Crippen LogP contribution in [-0.2, 0) is 6.54 Å². The first-order chi connectivity index (χ1) is 7.65. The first-order valence-corrected chi connectivity index (χ1v) is 7.02. The van der Waals surface area contributed by atoms with Gasteiger partial charge in [0, 0.05) is 21.6 Å². The molecule has 0 aliphatic carbocycles. The van der Waals surface area contributed by atoms with Gasteiger partial charge in [-0.05, 0) is 62.2 Å². The molecule has 0 unspecified atom stereocenters. The van der Waals surface area contributed by atoms with Gasteiger partial charge in [0.1, 0.15) is 5.75 Å². The summed E-state index contributed by atoms with van der Waals surface area (Å²) in [6.45, 7) is 0.777. The summed E-state index contributed by atoms with van der Waals surface area (Å²) >= 11 is 8.61. The van der Waals surface area contributed by atoms with Crippen LogP contribution in [0.4, 0.5) is 5.69 Å². The lowest BCUT2D eigenvalue weighted by atomic mass is 10.3. The summed E-state index contributed by atoms with van der Waals surface area (Å²) in [5.74, 6) is 0.284. The quantitative estimate of drug-likeness (QED) is 0.782. The number of aromatic hydroxyl groups is 1. The van der Waals surface area contributed by atoms with Crippen molar-refractivity contribution in [1.82, 2.24) is 0 Å². The molecule has 0 atom stereocenters. The zero-order valence-corrected chi connectivity index (χ0v) is 12.2. The molecule has 0 saturated carbocycles. The topological polar surface area (TPSA) is 32.3 Å². The Morgan fingerprint density at radius 3 is 2.44 bits per heavy atom. The molecule has 0 fully saturated rings. The molecule has 0 aliphatic heterocycles. The first kappa shape index (κ1) is 12.0. The SMILES string of the molecule is Oc1ccc(NCc2cc(Br)c(Br)s2)cc1. The van der Waals surface area contributed by atoms with Crippen LogP contribution in [-0.4, -0.2) is 5.11 Å². The van der Waals surface area contributed by atoms with Gasteiger partial charge in [-0.15, -0.1) is 11.3 Å². The molecule has 0 radical (unpaired) electrons. The van der Waals surface area contributed by atoms with Gasteiger partial charge in [0.2, 0.25) is 0 Å². The minimum Gasteiger partial charge on any atom is -0.508 e. The standard InChI is InChI=1S/C11H9Br2NOS/c12-10-5-9(16-11(10)13)6-14-7-1-3-8(15)4-2-7/h1-5,14-15H,6H2. The third-order valence-electron chi connectivity index (χ3n) is 2.03. The van der Waals surface area contributed by atoms with Crippen LogP contribution >= 0.6 is 43.2 Å². The Hall–Kier alpha value is -0.520. The summed E-state index contributed by atoms with van der Waals surface area (Å²) in [5, 5.41) is 12.4. The molecule has 0 amide bonds. The molecule has 84 valence electrons. The molecule has 1 aromatic heterocycles. The Labute approximate surface area is 115 Å². The van der Waals surface area contributed by atoms with Gasteiger partial charge in [-0.2, -0.15) is 0 Å². The fraction of sp³-hybridized carbons (Fsp3) is 0.0909. The fourth-order valence-electron chi connectivity index (χ4n) is 1.25. The lowest BCUT2D eigenvalue weighted by Gasteiger charge is -2.04. The average Bonchev–Trinajstić information content (AvgIpc) is 2.58. The molecular weight excluding hydrogens is 354 g/mol. The zero-order chi connectivity index (χ0) is 11.5. The van der Waals surface area contributed by atoms with Gasteiger partial charge in [-0.25, -0.2) is 0 Å². The molecule has 0 aliphatic rings. The molecule has 2 N–H and O–H groups in total. The van der Waals surface area contributed by atoms with Crippen molar-refractivity contribution in [2.24, 2.45) is 0 Å². The highest BCUT2D eigenvalue weighted by molar-refractivity contribution is 9.13. The van der Waals surface area contributed by atoms with Crippen LogP contribution < -0.4 is 5.32 Å². The van der Waals surface area contributed by atoms with Crippen molar-refractivity contribution in [3.8, 4) is 5.75 Å². The number of anilines is 1. The smallest absolute Gasteiger partial charge is 0.115 e. The van der Waals surface area contributed by atoms with E-state index < -0.39 is 0 Å². The molecule has 2 aromatic rings. The van der Waals surface area contributed by atoms with E-state index in [0.717, 1.165) is 20.5 Å². The maximum Gasteiger partial charge on any atom is 0.115 e. The predicted octanol–water partition coefficient (Wildman–Crippen LogP) is 4.59. The lowest BCUT2D eigenvalue weighted by molar-refractivity contribution is 0.475. The third-order valence-corrected chi connectivity index (χ3v) is 5.29. The minimum absolute atomic E-state index is 0.284. The molecule has 0 spiro atoms. The Kier molecular flexibility index (Phi) is 3.89. The van der Waals surface area contributed by atoms with E-state index in [-0.39, 0.29) is 5.75 Å². The molecule has 1 aromatic carbocycles. The number of hydrogen-bond acceptors (Lipinski definition) is 3. The fourth-order valence-corrected chi connectivity index (χ4v) is 3.36. The van der Waals surface area contributed by atoms with Crippen LogP contribution in [0.3, 0.4) is 0 Å². The Balaban J connectivity index is 1.99. The van der Waals surface area contributed by atoms with E-state index in [1.807, 2.05) is 12.1 Å². The molecule has 0 saturated heterocycles. The number of nitrogens with one attached hydrogen (secondary N) is 1. The second kappa shape index (κ2) is 5.21. The average molecular weight is 363 g/mol. The summed E-state index contributed by atoms with van der Waals surface area (Å²) < 4.78 is 2.19. The Bertz CT molecular complexity index is 462. The van der Waals surface area contributed by atoms with Gasteiger partial charge in [-0.3, -0.25) is 0 Å². The van der Waals surface area contributed by atoms with Crippen molar-refractivity contribution in [2.75, 3.05) is 5.32 Å². The second-order valence-electron chi connectivity index (χ2n) is 3.23. The summed E-state index contributed by atoms with van der Waals surface area (Å²) in [5.41, 5.74) is 0.999. The van der Waals surface area contributed by atoms with Gasteiger partial charge in [0.25, 0.3) is 0 Å². The molecule has 16 heavy (non-hydrogen) atoms. The second-order valence-corrected chi connectivity index (χ2v) is 6.54. The van der Waals surface area contributed by atoms with E-state index in [1.54, 1.807) is 23.5 Å². The van der Waals surface area contributed by atoms with Crippen LogP contribution in [0.25, 0.3) is 0 Å². The van der Waals surface area contributed by atoms with Gasteiger partial charge in [0.15, 0.2) is 0 Å². The Morgan fingerprint density at radius 2 is 1.88 bits per heavy atom. The number of thiophene rings is 1. The number of halogens is 2. The number of hydrogen-bond donors (Lipinski definition) is 2. The van der Waals surface area contributed by atoms with Crippen LogP contribution in [0.5, 0.6) is 5.75 Å². The van der Waals surface area contributed by atoms with Gasteiger partial charge < -0.3 is 10.4 Å². The lowest BCUT2D eigenvalue weighted by Crippen LogP contribution is -1.96. The maximum absolute atomic E-state index is 9.14. The zero-order valence-electron chi connectivity index (χ0n) is 8.21. The highest BCUT2D eigenvalue weighted by atomic mass is 79.9. The van der Waals surface area contributed by atoms with Crippen LogP contribution in [0.1, 0.15) is 4.88 Å². The minimum atomic E-state index is 0.284. The van der Waals surface area contributed by atoms with Gasteiger partial charge in [0.05, 0.1) is 3.79 Å². The van der Waals surface area contributed by atoms with E-state index in [2.05, 4.69) is 43.2 Å². The molecule has 2 nitrogen and oxygen atoms in total. The molecule has 1 heterocycles. The van der Waals surface area contributed by atoms with Crippen molar-refractivity contribution < 1.29 is 5.11 Å². The molecule has 5 heteroatoms. The highest BCUT2D eigenvalue weighted by Crippen LogP contribution is 2.32. The number of phenolic OH excluding ortho intramolecular Hbond substituents is 1. The van der Waals surface area contributed by atoms with Crippen LogP contribution in [0, 0.1) is 0 Å². The molecular formula is C11H9Br2NOS. The summed E-state index contributed by atoms with van der Waals surface area (Å²) in [7, 11) is 0. The molecule has 0 bridgehead atoms. The van der Waals surface area contributed by atoms with Crippen LogP contribution in [0.15, 0.2) is 38.6 Å².